The number of benzene rings is 1. The molecule has 0 saturated heterocycles. The maximum atomic E-state index is 11.9. The molecule has 2 N–H and O–H groups in total. The van der Waals surface area contributed by atoms with Crippen molar-refractivity contribution in [2.45, 2.75) is 0 Å². The summed E-state index contributed by atoms with van der Waals surface area (Å²) >= 11 is 4.45. The van der Waals surface area contributed by atoms with Crippen LogP contribution in [0.1, 0.15) is 9.67 Å². The van der Waals surface area contributed by atoms with E-state index >= 15 is 0 Å². The Labute approximate surface area is 120 Å². The minimum atomic E-state index is -0.600. The number of carbonyl (C=O) groups is 1. The van der Waals surface area contributed by atoms with Crippen molar-refractivity contribution < 1.29 is 14.8 Å². The van der Waals surface area contributed by atoms with Crippen molar-refractivity contribution in [1.29, 1.82) is 0 Å². The fourth-order valence-corrected chi connectivity index (χ4v) is 2.64. The molecule has 0 aliphatic heterocycles. The number of hydrogen-bond acceptors (Lipinski definition) is 5. The third kappa shape index (κ3) is 3.09. The summed E-state index contributed by atoms with van der Waals surface area (Å²) in [5.41, 5.74) is -0.204. The maximum Gasteiger partial charge on any atom is 0.271 e. The minimum Gasteiger partial charge on any atom is -0.506 e. The molecule has 2 aromatic rings. The Morgan fingerprint density at radius 2 is 2.11 bits per heavy atom. The molecular formula is C11H7BrN2O4S. The number of nitrogens with one attached hydrogen (secondary N) is 1. The van der Waals surface area contributed by atoms with Gasteiger partial charge < -0.3 is 10.4 Å². The Kier molecular flexibility index (Phi) is 3.82. The lowest BCUT2D eigenvalue weighted by Gasteiger charge is -2.05. The third-order valence-electron chi connectivity index (χ3n) is 2.24. The molecule has 1 amide bonds. The van der Waals surface area contributed by atoms with Crippen LogP contribution in [0.3, 0.4) is 0 Å². The van der Waals surface area contributed by atoms with Crippen molar-refractivity contribution in [2.24, 2.45) is 0 Å². The van der Waals surface area contributed by atoms with Gasteiger partial charge in [0.25, 0.3) is 11.6 Å². The van der Waals surface area contributed by atoms with Crippen LogP contribution >= 0.6 is 27.3 Å². The van der Waals surface area contributed by atoms with Gasteiger partial charge in [-0.3, -0.25) is 14.9 Å². The van der Waals surface area contributed by atoms with E-state index in [0.29, 0.717) is 4.88 Å². The Balaban J connectivity index is 2.25. The molecular weight excluding hydrogens is 336 g/mol. The van der Waals surface area contributed by atoms with Crippen molar-refractivity contribution in [1.82, 2.24) is 0 Å². The molecule has 0 spiro atoms. The fraction of sp³-hybridized carbons (Fsp3) is 0. The minimum absolute atomic E-state index is 0.00345. The van der Waals surface area contributed by atoms with Crippen LogP contribution in [0.15, 0.2) is 34.1 Å². The van der Waals surface area contributed by atoms with Crippen LogP contribution < -0.4 is 5.32 Å². The number of amides is 1. The Bertz CT molecular complexity index is 656. The molecule has 0 saturated carbocycles. The standard InChI is InChI=1S/C11H7BrN2O4S/c12-10-4-3-9(19-10)11(16)13-7-5-6(14(17)18)1-2-8(7)15/h1-5,15H,(H,13,16). The summed E-state index contributed by atoms with van der Waals surface area (Å²) in [5, 5.41) is 22.6. The first-order valence-corrected chi connectivity index (χ1v) is 6.62. The summed E-state index contributed by atoms with van der Waals surface area (Å²) < 4.78 is 0.793. The SMILES string of the molecule is O=C(Nc1cc([N+](=O)[O-])ccc1O)c1ccc(Br)s1. The lowest BCUT2D eigenvalue weighted by atomic mass is 10.2. The molecule has 1 aromatic carbocycles. The van der Waals surface area contributed by atoms with Gasteiger partial charge in [0.15, 0.2) is 0 Å². The highest BCUT2D eigenvalue weighted by molar-refractivity contribution is 9.11. The molecule has 0 atom stereocenters. The molecule has 2 rings (SSSR count). The summed E-state index contributed by atoms with van der Waals surface area (Å²) in [6, 6.07) is 6.76. The van der Waals surface area contributed by atoms with Crippen molar-refractivity contribution in [3.05, 3.63) is 49.1 Å². The summed E-state index contributed by atoms with van der Waals surface area (Å²) in [6.45, 7) is 0. The van der Waals surface area contributed by atoms with Gasteiger partial charge in [-0.1, -0.05) is 0 Å². The van der Waals surface area contributed by atoms with Crippen molar-refractivity contribution in [3.63, 3.8) is 0 Å². The van der Waals surface area contributed by atoms with Gasteiger partial charge in [0.2, 0.25) is 0 Å². The molecule has 0 aliphatic rings. The second-order valence-corrected chi connectivity index (χ2v) is 5.98. The van der Waals surface area contributed by atoms with Gasteiger partial charge in [0, 0.05) is 12.1 Å². The number of nitro groups is 1. The van der Waals surface area contributed by atoms with Crippen LogP contribution in [0.2, 0.25) is 0 Å². The van der Waals surface area contributed by atoms with E-state index < -0.39 is 10.8 Å². The molecule has 0 unspecified atom stereocenters. The zero-order valence-corrected chi connectivity index (χ0v) is 11.7. The zero-order valence-electron chi connectivity index (χ0n) is 9.29. The van der Waals surface area contributed by atoms with E-state index in [1.807, 2.05) is 0 Å². The van der Waals surface area contributed by atoms with Gasteiger partial charge in [-0.15, -0.1) is 11.3 Å². The number of hydrogen-bond donors (Lipinski definition) is 2. The Morgan fingerprint density at radius 3 is 2.68 bits per heavy atom. The number of phenolic OH excluding ortho intramolecular Hbond substituents is 1. The van der Waals surface area contributed by atoms with E-state index in [0.717, 1.165) is 22.0 Å². The molecule has 98 valence electrons. The average molecular weight is 343 g/mol. The Morgan fingerprint density at radius 1 is 1.37 bits per heavy atom. The number of aromatic hydroxyl groups is 1. The molecule has 0 aliphatic carbocycles. The van der Waals surface area contributed by atoms with Crippen molar-refractivity contribution in [2.75, 3.05) is 5.32 Å². The predicted molar refractivity (Wildman–Crippen MR) is 74.7 cm³/mol. The maximum absolute atomic E-state index is 11.9. The smallest absolute Gasteiger partial charge is 0.271 e. The highest BCUT2D eigenvalue weighted by Gasteiger charge is 2.14. The molecule has 1 heterocycles. The van der Waals surface area contributed by atoms with Gasteiger partial charge >= 0.3 is 0 Å². The fourth-order valence-electron chi connectivity index (χ4n) is 1.36. The third-order valence-corrected chi connectivity index (χ3v) is 3.86. The van der Waals surface area contributed by atoms with Crippen LogP contribution in [-0.4, -0.2) is 15.9 Å². The molecule has 8 heteroatoms. The Hall–Kier alpha value is -1.93. The number of halogens is 1. The number of phenols is 1. The van der Waals surface area contributed by atoms with E-state index in [-0.39, 0.29) is 17.1 Å². The summed E-state index contributed by atoms with van der Waals surface area (Å²) in [5.74, 6) is -0.666. The topological polar surface area (TPSA) is 92.5 Å². The van der Waals surface area contributed by atoms with Gasteiger partial charge in [-0.05, 0) is 34.1 Å². The second kappa shape index (κ2) is 5.37. The lowest BCUT2D eigenvalue weighted by molar-refractivity contribution is -0.384. The highest BCUT2D eigenvalue weighted by atomic mass is 79.9. The van der Waals surface area contributed by atoms with E-state index in [4.69, 9.17) is 0 Å². The van der Waals surface area contributed by atoms with Crippen LogP contribution in [0, 0.1) is 10.1 Å². The molecule has 0 radical (unpaired) electrons. The molecule has 19 heavy (non-hydrogen) atoms. The second-order valence-electron chi connectivity index (χ2n) is 3.52. The van der Waals surface area contributed by atoms with Crippen LogP contribution in [0.25, 0.3) is 0 Å². The first-order valence-electron chi connectivity index (χ1n) is 5.01. The number of rotatable bonds is 3. The van der Waals surface area contributed by atoms with Crippen LogP contribution in [0.5, 0.6) is 5.75 Å². The van der Waals surface area contributed by atoms with E-state index in [9.17, 15) is 20.0 Å². The number of nitrogens with zero attached hydrogens (tertiary/aromatic N) is 1. The quantitative estimate of drug-likeness (QED) is 0.508. The van der Waals surface area contributed by atoms with Crippen LogP contribution in [-0.2, 0) is 0 Å². The first-order chi connectivity index (χ1) is 8.97. The monoisotopic (exact) mass is 342 g/mol. The summed E-state index contributed by atoms with van der Waals surface area (Å²) in [7, 11) is 0. The highest BCUT2D eigenvalue weighted by Crippen LogP contribution is 2.29. The van der Waals surface area contributed by atoms with Gasteiger partial charge in [0.05, 0.1) is 19.3 Å². The van der Waals surface area contributed by atoms with E-state index in [2.05, 4.69) is 21.2 Å². The number of nitro benzene ring substituents is 1. The van der Waals surface area contributed by atoms with E-state index in [1.165, 1.54) is 11.3 Å². The predicted octanol–water partition coefficient (Wildman–Crippen LogP) is 3.38. The number of non-ortho nitro benzene ring substituents is 1. The van der Waals surface area contributed by atoms with Gasteiger partial charge in [0.1, 0.15) is 5.75 Å². The van der Waals surface area contributed by atoms with Crippen molar-refractivity contribution >= 4 is 44.5 Å². The zero-order chi connectivity index (χ0) is 14.0. The molecule has 1 aromatic heterocycles. The molecule has 6 nitrogen and oxygen atoms in total. The van der Waals surface area contributed by atoms with Gasteiger partial charge in [-0.25, -0.2) is 0 Å². The van der Waals surface area contributed by atoms with Gasteiger partial charge in [-0.2, -0.15) is 0 Å². The number of thiophene rings is 1. The normalized spacial score (nSPS) is 10.2. The first kappa shape index (κ1) is 13.5. The lowest BCUT2D eigenvalue weighted by Crippen LogP contribution is -2.10. The summed E-state index contributed by atoms with van der Waals surface area (Å²) in [6.07, 6.45) is 0. The summed E-state index contributed by atoms with van der Waals surface area (Å²) in [4.78, 5) is 22.3. The van der Waals surface area contributed by atoms with Crippen molar-refractivity contribution in [3.8, 4) is 5.75 Å². The largest absolute Gasteiger partial charge is 0.506 e. The molecule has 0 bridgehead atoms. The molecule has 0 fully saturated rings. The number of carbonyl (C=O) groups excluding carboxylic acids is 1. The average Bonchev–Trinajstić information content (AvgIpc) is 2.78. The van der Waals surface area contributed by atoms with Crippen LogP contribution in [0.4, 0.5) is 11.4 Å². The number of anilines is 1. The van der Waals surface area contributed by atoms with E-state index in [1.54, 1.807) is 12.1 Å².